The van der Waals surface area contributed by atoms with Crippen LogP contribution in [-0.4, -0.2) is 24.0 Å². The summed E-state index contributed by atoms with van der Waals surface area (Å²) in [6.07, 6.45) is 1.77. The highest BCUT2D eigenvalue weighted by Crippen LogP contribution is 2.30. The van der Waals surface area contributed by atoms with Crippen LogP contribution in [0.1, 0.15) is 36.8 Å². The van der Waals surface area contributed by atoms with Crippen LogP contribution in [0.4, 0.5) is 5.69 Å². The molecule has 0 saturated carbocycles. The molecule has 1 aromatic rings. The number of benzene rings is 1. The number of carboxylic acid groups (broad SMARTS) is 1. The van der Waals surface area contributed by atoms with Gasteiger partial charge in [-0.05, 0) is 30.0 Å². The van der Waals surface area contributed by atoms with Crippen molar-refractivity contribution in [3.05, 3.63) is 29.3 Å². The zero-order chi connectivity index (χ0) is 13.3. The van der Waals surface area contributed by atoms with Crippen LogP contribution in [0.25, 0.3) is 0 Å². The first kappa shape index (κ1) is 12.6. The summed E-state index contributed by atoms with van der Waals surface area (Å²) in [4.78, 5) is 24.4. The van der Waals surface area contributed by atoms with Gasteiger partial charge >= 0.3 is 5.97 Å². The van der Waals surface area contributed by atoms with Crippen molar-refractivity contribution in [3.8, 4) is 0 Å². The summed E-state index contributed by atoms with van der Waals surface area (Å²) in [5.41, 5.74) is 2.79. The fourth-order valence-electron chi connectivity index (χ4n) is 2.45. The normalized spacial score (nSPS) is 16.3. The van der Waals surface area contributed by atoms with E-state index in [9.17, 15) is 9.59 Å². The van der Waals surface area contributed by atoms with Crippen LogP contribution < -0.4 is 4.90 Å². The van der Waals surface area contributed by atoms with Crippen molar-refractivity contribution in [1.29, 1.82) is 0 Å². The summed E-state index contributed by atoms with van der Waals surface area (Å²) < 4.78 is 0. The van der Waals surface area contributed by atoms with E-state index in [-0.39, 0.29) is 5.91 Å². The fraction of sp³-hybridized carbons (Fsp3) is 0.429. The van der Waals surface area contributed by atoms with Crippen LogP contribution in [0, 0.1) is 0 Å². The molecule has 2 rings (SSSR count). The van der Waals surface area contributed by atoms with Gasteiger partial charge in [0, 0.05) is 19.2 Å². The highest BCUT2D eigenvalue weighted by atomic mass is 16.4. The first-order valence-electron chi connectivity index (χ1n) is 6.16. The SMILES string of the molecule is CCC(C(=O)O)c1ccc2c(c1)CCC(=O)N2C. The Morgan fingerprint density at radius 2 is 2.17 bits per heavy atom. The smallest absolute Gasteiger partial charge is 0.310 e. The molecule has 4 heteroatoms. The minimum absolute atomic E-state index is 0.112. The number of nitrogens with zero attached hydrogens (tertiary/aromatic N) is 1. The number of rotatable bonds is 3. The summed E-state index contributed by atoms with van der Waals surface area (Å²) in [5.74, 6) is -1.14. The van der Waals surface area contributed by atoms with Crippen LogP contribution >= 0.6 is 0 Å². The van der Waals surface area contributed by atoms with E-state index in [4.69, 9.17) is 5.11 Å². The van der Waals surface area contributed by atoms with Gasteiger partial charge < -0.3 is 10.0 Å². The summed E-state index contributed by atoms with van der Waals surface area (Å²) in [5, 5.41) is 9.16. The summed E-state index contributed by atoms with van der Waals surface area (Å²) >= 11 is 0. The van der Waals surface area contributed by atoms with Gasteiger partial charge in [0.05, 0.1) is 5.92 Å². The van der Waals surface area contributed by atoms with Crippen LogP contribution in [0.15, 0.2) is 18.2 Å². The topological polar surface area (TPSA) is 57.6 Å². The van der Waals surface area contributed by atoms with Gasteiger partial charge in [0.2, 0.25) is 5.91 Å². The molecule has 1 amide bonds. The first-order chi connectivity index (χ1) is 8.54. The molecule has 0 bridgehead atoms. The van der Waals surface area contributed by atoms with Crippen LogP contribution in [0.5, 0.6) is 0 Å². The molecule has 4 nitrogen and oxygen atoms in total. The van der Waals surface area contributed by atoms with Crippen molar-refractivity contribution >= 4 is 17.6 Å². The van der Waals surface area contributed by atoms with Gasteiger partial charge in [-0.3, -0.25) is 9.59 Å². The van der Waals surface area contributed by atoms with Crippen molar-refractivity contribution in [3.63, 3.8) is 0 Å². The third kappa shape index (κ3) is 2.10. The van der Waals surface area contributed by atoms with Crippen molar-refractivity contribution in [2.45, 2.75) is 32.1 Å². The molecule has 1 atom stereocenters. The molecule has 1 aromatic carbocycles. The molecule has 1 N–H and O–H groups in total. The lowest BCUT2D eigenvalue weighted by Crippen LogP contribution is -2.31. The minimum Gasteiger partial charge on any atom is -0.481 e. The van der Waals surface area contributed by atoms with Crippen molar-refractivity contribution in [2.24, 2.45) is 0 Å². The number of anilines is 1. The predicted octanol–water partition coefficient (Wildman–Crippen LogP) is 2.17. The Balaban J connectivity index is 2.39. The van der Waals surface area contributed by atoms with E-state index in [2.05, 4.69) is 0 Å². The molecular weight excluding hydrogens is 230 g/mol. The molecule has 1 unspecified atom stereocenters. The second-order valence-electron chi connectivity index (χ2n) is 4.64. The largest absolute Gasteiger partial charge is 0.481 e. The number of carbonyl (C=O) groups excluding carboxylic acids is 1. The molecule has 96 valence electrons. The standard InChI is InChI=1S/C14H17NO3/c1-3-11(14(17)18)9-4-6-12-10(8-9)5-7-13(16)15(12)2/h4,6,8,11H,3,5,7H2,1-2H3,(H,17,18). The third-order valence-corrected chi connectivity index (χ3v) is 3.56. The lowest BCUT2D eigenvalue weighted by molar-refractivity contribution is -0.138. The molecule has 1 aliphatic rings. The molecule has 18 heavy (non-hydrogen) atoms. The Morgan fingerprint density at radius 3 is 2.78 bits per heavy atom. The number of carboxylic acids is 1. The average molecular weight is 247 g/mol. The highest BCUT2D eigenvalue weighted by Gasteiger charge is 2.23. The Bertz CT molecular complexity index is 496. The zero-order valence-electron chi connectivity index (χ0n) is 10.6. The van der Waals surface area contributed by atoms with E-state index in [1.165, 1.54) is 0 Å². The Morgan fingerprint density at radius 1 is 1.44 bits per heavy atom. The van der Waals surface area contributed by atoms with Crippen LogP contribution in [0.3, 0.4) is 0 Å². The molecule has 0 spiro atoms. The van der Waals surface area contributed by atoms with E-state index < -0.39 is 11.9 Å². The fourth-order valence-corrected chi connectivity index (χ4v) is 2.45. The molecular formula is C14H17NO3. The van der Waals surface area contributed by atoms with Crippen molar-refractivity contribution < 1.29 is 14.7 Å². The number of amides is 1. The highest BCUT2D eigenvalue weighted by molar-refractivity contribution is 5.96. The quantitative estimate of drug-likeness (QED) is 0.890. The van der Waals surface area contributed by atoms with E-state index in [0.29, 0.717) is 19.3 Å². The second kappa shape index (κ2) is 4.80. The molecule has 1 heterocycles. The molecule has 0 aliphatic carbocycles. The number of aliphatic carboxylic acids is 1. The zero-order valence-corrected chi connectivity index (χ0v) is 10.6. The number of hydrogen-bond donors (Lipinski definition) is 1. The number of fused-ring (bicyclic) bond motifs is 1. The lowest BCUT2D eigenvalue weighted by Gasteiger charge is -2.26. The predicted molar refractivity (Wildman–Crippen MR) is 68.8 cm³/mol. The summed E-state index contributed by atoms with van der Waals surface area (Å²) in [6, 6.07) is 5.60. The second-order valence-corrected chi connectivity index (χ2v) is 4.64. The van der Waals surface area contributed by atoms with Gasteiger partial charge in [0.15, 0.2) is 0 Å². The monoisotopic (exact) mass is 247 g/mol. The van der Waals surface area contributed by atoms with E-state index in [1.54, 1.807) is 11.9 Å². The number of carbonyl (C=O) groups is 2. The summed E-state index contributed by atoms with van der Waals surface area (Å²) in [7, 11) is 1.76. The Kier molecular flexibility index (Phi) is 3.36. The maximum absolute atomic E-state index is 11.6. The third-order valence-electron chi connectivity index (χ3n) is 3.56. The van der Waals surface area contributed by atoms with Crippen LogP contribution in [-0.2, 0) is 16.0 Å². The summed E-state index contributed by atoms with van der Waals surface area (Å²) in [6.45, 7) is 1.87. The van der Waals surface area contributed by atoms with Gasteiger partial charge in [0.25, 0.3) is 0 Å². The number of aryl methyl sites for hydroxylation is 1. The van der Waals surface area contributed by atoms with Crippen molar-refractivity contribution in [2.75, 3.05) is 11.9 Å². The van der Waals surface area contributed by atoms with Crippen LogP contribution in [0.2, 0.25) is 0 Å². The van der Waals surface area contributed by atoms with Gasteiger partial charge in [-0.2, -0.15) is 0 Å². The average Bonchev–Trinajstić information content (AvgIpc) is 2.34. The lowest BCUT2D eigenvalue weighted by atomic mass is 9.91. The molecule has 0 fully saturated rings. The first-order valence-corrected chi connectivity index (χ1v) is 6.16. The Labute approximate surface area is 106 Å². The minimum atomic E-state index is -0.794. The maximum Gasteiger partial charge on any atom is 0.310 e. The van der Waals surface area contributed by atoms with E-state index in [1.807, 2.05) is 25.1 Å². The van der Waals surface area contributed by atoms with E-state index >= 15 is 0 Å². The van der Waals surface area contributed by atoms with Crippen molar-refractivity contribution in [1.82, 2.24) is 0 Å². The van der Waals surface area contributed by atoms with E-state index in [0.717, 1.165) is 16.8 Å². The maximum atomic E-state index is 11.6. The van der Waals surface area contributed by atoms with Gasteiger partial charge in [0.1, 0.15) is 0 Å². The molecule has 0 radical (unpaired) electrons. The molecule has 1 aliphatic heterocycles. The Hall–Kier alpha value is -1.84. The van der Waals surface area contributed by atoms with Gasteiger partial charge in [-0.25, -0.2) is 0 Å². The molecule has 0 aromatic heterocycles. The van der Waals surface area contributed by atoms with Gasteiger partial charge in [-0.1, -0.05) is 19.1 Å². The number of hydrogen-bond acceptors (Lipinski definition) is 2. The van der Waals surface area contributed by atoms with Gasteiger partial charge in [-0.15, -0.1) is 0 Å². The molecule has 0 saturated heterocycles.